The second-order valence-electron chi connectivity index (χ2n) is 9.19. The van der Waals surface area contributed by atoms with E-state index in [-0.39, 0.29) is 24.0 Å². The molecule has 0 bridgehead atoms. The molecule has 1 aromatic carbocycles. The number of imidazole rings is 1. The van der Waals surface area contributed by atoms with Crippen molar-refractivity contribution in [3.8, 4) is 0 Å². The molecule has 0 saturated carbocycles. The lowest BCUT2D eigenvalue weighted by Crippen LogP contribution is -2.51. The van der Waals surface area contributed by atoms with Gasteiger partial charge in [0, 0.05) is 69.9 Å². The number of rotatable bonds is 6. The molecule has 2 fully saturated rings. The molecule has 182 valence electrons. The second-order valence-corrected chi connectivity index (χ2v) is 9.19. The summed E-state index contributed by atoms with van der Waals surface area (Å²) in [5.74, 6) is 1.70. The first-order valence-electron chi connectivity index (χ1n) is 12.2. The first-order valence-corrected chi connectivity index (χ1v) is 12.2. The fourth-order valence-corrected chi connectivity index (χ4v) is 4.91. The summed E-state index contributed by atoms with van der Waals surface area (Å²) in [5, 5.41) is 3.54. The van der Waals surface area contributed by atoms with Crippen LogP contribution in [0.15, 0.2) is 54.0 Å². The average Bonchev–Trinajstić information content (AvgIpc) is 3.37. The molecular formula is C25H40IN7. The Morgan fingerprint density at radius 3 is 2.58 bits per heavy atom. The Morgan fingerprint density at radius 1 is 1.15 bits per heavy atom. The monoisotopic (exact) mass is 565 g/mol. The van der Waals surface area contributed by atoms with Crippen LogP contribution in [0.2, 0.25) is 0 Å². The molecule has 0 aliphatic carbocycles. The first-order chi connectivity index (χ1) is 15.7. The van der Waals surface area contributed by atoms with E-state index >= 15 is 0 Å². The maximum absolute atomic E-state index is 5.08. The van der Waals surface area contributed by atoms with E-state index in [1.807, 2.05) is 12.5 Å². The van der Waals surface area contributed by atoms with Crippen LogP contribution in [0.1, 0.15) is 33.2 Å². The van der Waals surface area contributed by atoms with Crippen LogP contribution < -0.4 is 10.2 Å². The van der Waals surface area contributed by atoms with E-state index in [2.05, 4.69) is 86.9 Å². The molecule has 7 nitrogen and oxygen atoms in total. The van der Waals surface area contributed by atoms with Gasteiger partial charge in [-0.05, 0) is 38.3 Å². The number of likely N-dealkylation sites (tertiary alicyclic amines) is 1. The number of guanidine groups is 1. The summed E-state index contributed by atoms with van der Waals surface area (Å²) < 4.78 is 2.26. The lowest BCUT2D eigenvalue weighted by Gasteiger charge is -2.40. The van der Waals surface area contributed by atoms with Gasteiger partial charge in [0.15, 0.2) is 5.96 Å². The van der Waals surface area contributed by atoms with Crippen LogP contribution in [0.3, 0.4) is 0 Å². The van der Waals surface area contributed by atoms with Gasteiger partial charge in [0.2, 0.25) is 0 Å². The predicted octanol–water partition coefficient (Wildman–Crippen LogP) is 3.56. The van der Waals surface area contributed by atoms with Crippen LogP contribution in [0.4, 0.5) is 5.69 Å². The summed E-state index contributed by atoms with van der Waals surface area (Å²) in [4.78, 5) is 16.9. The standard InChI is InChI=1S/C25H39N7.HI/c1-4-27-25(31-12-10-21(2)24(19-31)32-13-11-26-20-32)28-18-22(3)29-14-16-30(17-15-29)23-8-6-5-7-9-23;/h5-9,11,13,20-22,24H,4,10,12,14-19H2,1-3H3,(H,27,28);1H. The average molecular weight is 566 g/mol. The third kappa shape index (κ3) is 6.62. The molecule has 0 spiro atoms. The van der Waals surface area contributed by atoms with Gasteiger partial charge in [0.05, 0.1) is 18.9 Å². The van der Waals surface area contributed by atoms with Gasteiger partial charge in [-0.3, -0.25) is 9.89 Å². The summed E-state index contributed by atoms with van der Waals surface area (Å²) in [6, 6.07) is 11.6. The number of nitrogens with one attached hydrogen (secondary N) is 1. The number of hydrogen-bond donors (Lipinski definition) is 1. The minimum atomic E-state index is 0. The lowest BCUT2D eigenvalue weighted by molar-refractivity contribution is 0.186. The highest BCUT2D eigenvalue weighted by Crippen LogP contribution is 2.27. The van der Waals surface area contributed by atoms with Crippen LogP contribution in [0.5, 0.6) is 0 Å². The van der Waals surface area contributed by atoms with E-state index in [4.69, 9.17) is 4.99 Å². The van der Waals surface area contributed by atoms with E-state index in [0.29, 0.717) is 18.0 Å². The van der Waals surface area contributed by atoms with Gasteiger partial charge in [-0.2, -0.15) is 0 Å². The number of aromatic nitrogens is 2. The molecule has 0 radical (unpaired) electrons. The van der Waals surface area contributed by atoms with Crippen molar-refractivity contribution < 1.29 is 0 Å². The summed E-state index contributed by atoms with van der Waals surface area (Å²) in [6.07, 6.45) is 7.09. The normalized spacial score (nSPS) is 23.2. The second kappa shape index (κ2) is 12.6. The van der Waals surface area contributed by atoms with Crippen LogP contribution in [-0.4, -0.2) is 83.7 Å². The van der Waals surface area contributed by atoms with Crippen molar-refractivity contribution in [3.05, 3.63) is 49.1 Å². The minimum absolute atomic E-state index is 0. The van der Waals surface area contributed by atoms with Gasteiger partial charge < -0.3 is 19.7 Å². The number of nitrogens with zero attached hydrogens (tertiary/aromatic N) is 6. The SMILES string of the molecule is CCNC(=NCC(C)N1CCN(c2ccccc2)CC1)N1CCC(C)C(n2ccnc2)C1.I. The molecule has 1 N–H and O–H groups in total. The molecular weight excluding hydrogens is 525 g/mol. The number of halogens is 1. The molecule has 8 heteroatoms. The van der Waals surface area contributed by atoms with Crippen molar-refractivity contribution in [3.63, 3.8) is 0 Å². The highest BCUT2D eigenvalue weighted by molar-refractivity contribution is 14.0. The Balaban J connectivity index is 0.00000306. The van der Waals surface area contributed by atoms with E-state index in [0.717, 1.165) is 58.3 Å². The highest BCUT2D eigenvalue weighted by atomic mass is 127. The van der Waals surface area contributed by atoms with Gasteiger partial charge in [0.25, 0.3) is 0 Å². The van der Waals surface area contributed by atoms with Crippen LogP contribution in [0, 0.1) is 5.92 Å². The molecule has 2 aliphatic rings. The van der Waals surface area contributed by atoms with Crippen molar-refractivity contribution >= 4 is 35.6 Å². The maximum Gasteiger partial charge on any atom is 0.194 e. The fourth-order valence-electron chi connectivity index (χ4n) is 4.91. The van der Waals surface area contributed by atoms with Gasteiger partial charge in [0.1, 0.15) is 0 Å². The number of benzene rings is 1. The van der Waals surface area contributed by atoms with Crippen LogP contribution in [-0.2, 0) is 0 Å². The van der Waals surface area contributed by atoms with Crippen molar-refractivity contribution in [2.24, 2.45) is 10.9 Å². The van der Waals surface area contributed by atoms with Gasteiger partial charge >= 0.3 is 0 Å². The zero-order valence-electron chi connectivity index (χ0n) is 20.3. The lowest BCUT2D eigenvalue weighted by atomic mass is 9.93. The highest BCUT2D eigenvalue weighted by Gasteiger charge is 2.29. The Kier molecular flexibility index (Phi) is 9.85. The maximum atomic E-state index is 5.08. The van der Waals surface area contributed by atoms with Crippen molar-refractivity contribution in [1.29, 1.82) is 0 Å². The quantitative estimate of drug-likeness (QED) is 0.330. The van der Waals surface area contributed by atoms with E-state index in [1.54, 1.807) is 0 Å². The van der Waals surface area contributed by atoms with Crippen LogP contribution in [0.25, 0.3) is 0 Å². The van der Waals surface area contributed by atoms with Crippen molar-refractivity contribution in [2.75, 3.05) is 57.3 Å². The third-order valence-corrected chi connectivity index (χ3v) is 7.03. The summed E-state index contributed by atoms with van der Waals surface area (Å²) in [7, 11) is 0. The van der Waals surface area contributed by atoms with Crippen molar-refractivity contribution in [1.82, 2.24) is 24.7 Å². The molecule has 0 amide bonds. The molecule has 2 aromatic rings. The Morgan fingerprint density at radius 2 is 1.91 bits per heavy atom. The molecule has 3 atom stereocenters. The van der Waals surface area contributed by atoms with Gasteiger partial charge in [-0.15, -0.1) is 24.0 Å². The number of aliphatic imine (C=N–C) groups is 1. The smallest absolute Gasteiger partial charge is 0.194 e. The molecule has 2 aliphatic heterocycles. The zero-order valence-corrected chi connectivity index (χ0v) is 22.6. The topological polar surface area (TPSA) is 51.9 Å². The van der Waals surface area contributed by atoms with Crippen molar-refractivity contribution in [2.45, 2.75) is 39.3 Å². The Bertz CT molecular complexity index is 834. The first kappa shape index (κ1) is 25.8. The molecule has 33 heavy (non-hydrogen) atoms. The summed E-state index contributed by atoms with van der Waals surface area (Å²) in [6.45, 7) is 14.9. The molecule has 2 saturated heterocycles. The van der Waals surface area contributed by atoms with Gasteiger partial charge in [-0.1, -0.05) is 25.1 Å². The number of hydrogen-bond acceptors (Lipinski definition) is 4. The number of para-hydroxylation sites is 1. The van der Waals surface area contributed by atoms with Crippen LogP contribution >= 0.6 is 24.0 Å². The van der Waals surface area contributed by atoms with E-state index in [1.165, 1.54) is 12.1 Å². The number of piperidine rings is 1. The Labute approximate surface area is 216 Å². The molecule has 1 aromatic heterocycles. The number of anilines is 1. The van der Waals surface area contributed by atoms with E-state index in [9.17, 15) is 0 Å². The summed E-state index contributed by atoms with van der Waals surface area (Å²) >= 11 is 0. The molecule has 3 unspecified atom stereocenters. The predicted molar refractivity (Wildman–Crippen MR) is 148 cm³/mol. The molecule has 4 rings (SSSR count). The van der Waals surface area contributed by atoms with Gasteiger partial charge in [-0.25, -0.2) is 4.98 Å². The van der Waals surface area contributed by atoms with E-state index < -0.39 is 0 Å². The minimum Gasteiger partial charge on any atom is -0.369 e. The fraction of sp³-hybridized carbons (Fsp3) is 0.600. The number of piperazine rings is 1. The zero-order chi connectivity index (χ0) is 22.3. The largest absolute Gasteiger partial charge is 0.369 e. The third-order valence-electron chi connectivity index (χ3n) is 7.03. The molecule has 3 heterocycles. The Hall–Kier alpha value is -1.81. The summed E-state index contributed by atoms with van der Waals surface area (Å²) in [5.41, 5.74) is 1.33.